The molecule has 0 aromatic carbocycles. The number of carbonyl (C=O) groups excluding carboxylic acids is 2. The smallest absolute Gasteiger partial charge is 0.408 e. The predicted octanol–water partition coefficient (Wildman–Crippen LogP) is 3.13. The summed E-state index contributed by atoms with van der Waals surface area (Å²) in [6.07, 6.45) is 9.80. The second-order valence-electron chi connectivity index (χ2n) is 7.52. The predicted molar refractivity (Wildman–Crippen MR) is 94.1 cm³/mol. The molecule has 1 unspecified atom stereocenters. The van der Waals surface area contributed by atoms with Crippen molar-refractivity contribution in [2.24, 2.45) is 5.92 Å². The Balaban J connectivity index is 1.86. The van der Waals surface area contributed by atoms with Crippen LogP contribution in [0.3, 0.4) is 0 Å². The second-order valence-corrected chi connectivity index (χ2v) is 7.52. The van der Waals surface area contributed by atoms with Gasteiger partial charge in [-0.05, 0) is 52.4 Å². The first-order valence-corrected chi connectivity index (χ1v) is 8.93. The number of ether oxygens (including phenoxy) is 3. The van der Waals surface area contributed by atoms with Gasteiger partial charge in [-0.15, -0.1) is 0 Å². The lowest BCUT2D eigenvalue weighted by molar-refractivity contribution is -0.147. The maximum absolute atomic E-state index is 12.1. The van der Waals surface area contributed by atoms with Crippen molar-refractivity contribution in [2.75, 3.05) is 19.8 Å². The van der Waals surface area contributed by atoms with E-state index < -0.39 is 23.7 Å². The van der Waals surface area contributed by atoms with Crippen LogP contribution >= 0.6 is 0 Å². The van der Waals surface area contributed by atoms with Gasteiger partial charge in [-0.25, -0.2) is 9.59 Å². The zero-order valence-electron chi connectivity index (χ0n) is 15.4. The summed E-state index contributed by atoms with van der Waals surface area (Å²) in [6.45, 7) is 6.25. The highest BCUT2D eigenvalue weighted by molar-refractivity contribution is 5.81. The summed E-state index contributed by atoms with van der Waals surface area (Å²) in [5.41, 5.74) is 0.688. The van der Waals surface area contributed by atoms with E-state index in [0.29, 0.717) is 19.1 Å². The Morgan fingerprint density at radius 2 is 2.12 bits per heavy atom. The van der Waals surface area contributed by atoms with E-state index in [9.17, 15) is 9.59 Å². The lowest BCUT2D eigenvalue weighted by Crippen LogP contribution is -2.46. The molecule has 25 heavy (non-hydrogen) atoms. The van der Waals surface area contributed by atoms with Gasteiger partial charge in [-0.2, -0.15) is 0 Å². The van der Waals surface area contributed by atoms with E-state index in [1.807, 2.05) is 0 Å². The number of cyclic esters (lactones) is 1. The van der Waals surface area contributed by atoms with Gasteiger partial charge in [0.1, 0.15) is 5.60 Å². The number of carbonyl (C=O) groups is 2. The van der Waals surface area contributed by atoms with Crippen LogP contribution in [0.25, 0.3) is 0 Å². The summed E-state index contributed by atoms with van der Waals surface area (Å²) in [4.78, 5) is 24.0. The van der Waals surface area contributed by atoms with Gasteiger partial charge in [0.05, 0.1) is 13.2 Å². The Morgan fingerprint density at radius 1 is 1.32 bits per heavy atom. The van der Waals surface area contributed by atoms with Crippen LogP contribution in [0.1, 0.15) is 46.5 Å². The molecule has 0 aromatic rings. The van der Waals surface area contributed by atoms with Crippen LogP contribution in [-0.4, -0.2) is 43.5 Å². The van der Waals surface area contributed by atoms with Gasteiger partial charge in [0.2, 0.25) is 0 Å². The summed E-state index contributed by atoms with van der Waals surface area (Å²) >= 11 is 0. The molecule has 1 amide bonds. The minimum absolute atomic E-state index is 0.0868. The van der Waals surface area contributed by atoms with Crippen LogP contribution in [-0.2, 0) is 19.0 Å². The molecular formula is C19H29NO5. The molecule has 2 atom stereocenters. The van der Waals surface area contributed by atoms with Crippen molar-refractivity contribution in [2.45, 2.75) is 58.1 Å². The van der Waals surface area contributed by atoms with Crippen LogP contribution in [0, 0.1) is 5.92 Å². The van der Waals surface area contributed by atoms with Crippen molar-refractivity contribution in [1.29, 1.82) is 0 Å². The van der Waals surface area contributed by atoms with E-state index in [1.165, 1.54) is 5.57 Å². The Hall–Kier alpha value is -1.82. The zero-order chi connectivity index (χ0) is 18.3. The van der Waals surface area contributed by atoms with Gasteiger partial charge in [-0.1, -0.05) is 23.8 Å². The quantitative estimate of drug-likeness (QED) is 0.791. The van der Waals surface area contributed by atoms with Crippen LogP contribution < -0.4 is 5.32 Å². The molecule has 2 aliphatic rings. The van der Waals surface area contributed by atoms with E-state index in [-0.39, 0.29) is 6.61 Å². The molecule has 1 heterocycles. The first-order valence-electron chi connectivity index (χ1n) is 8.93. The molecule has 1 N–H and O–H groups in total. The molecule has 140 valence electrons. The normalized spacial score (nSPS) is 25.1. The lowest BCUT2D eigenvalue weighted by atomic mass is 9.94. The number of hydrogen-bond donors (Lipinski definition) is 1. The van der Waals surface area contributed by atoms with Crippen LogP contribution in [0.15, 0.2) is 23.8 Å². The zero-order valence-corrected chi connectivity index (χ0v) is 15.4. The maximum Gasteiger partial charge on any atom is 0.408 e. The SMILES string of the molecule is CC(C)(C)OC(=O)N[C@H]1COCC(CC2=CCCC=C2)CCOC1=O. The summed E-state index contributed by atoms with van der Waals surface area (Å²) in [5.74, 6) is -0.189. The first kappa shape index (κ1) is 19.5. The summed E-state index contributed by atoms with van der Waals surface area (Å²) < 4.78 is 16.2. The van der Waals surface area contributed by atoms with Crippen molar-refractivity contribution in [3.63, 3.8) is 0 Å². The number of amides is 1. The van der Waals surface area contributed by atoms with Gasteiger partial charge in [0.15, 0.2) is 6.04 Å². The van der Waals surface area contributed by atoms with Crippen molar-refractivity contribution in [1.82, 2.24) is 5.32 Å². The monoisotopic (exact) mass is 351 g/mol. The fourth-order valence-electron chi connectivity index (χ4n) is 2.79. The fourth-order valence-corrected chi connectivity index (χ4v) is 2.79. The standard InChI is InChI=1S/C19H29NO5/c1-19(2,3)25-18(22)20-16-13-23-12-15(9-10-24-17(16)21)11-14-7-5-4-6-8-14/h5,7-8,15-16H,4,6,9-13H2,1-3H3,(H,20,22)/t15?,16-/m0/s1. The van der Waals surface area contributed by atoms with Crippen LogP contribution in [0.2, 0.25) is 0 Å². The largest absolute Gasteiger partial charge is 0.464 e. The van der Waals surface area contributed by atoms with E-state index in [0.717, 1.165) is 25.7 Å². The Bertz CT molecular complexity index is 532. The summed E-state index contributed by atoms with van der Waals surface area (Å²) in [6, 6.07) is -0.845. The third-order valence-corrected chi connectivity index (χ3v) is 3.98. The molecule has 6 heteroatoms. The van der Waals surface area contributed by atoms with Crippen molar-refractivity contribution >= 4 is 12.1 Å². The molecule has 1 saturated heterocycles. The van der Waals surface area contributed by atoms with Gasteiger partial charge < -0.3 is 19.5 Å². The minimum Gasteiger partial charge on any atom is -0.464 e. The highest BCUT2D eigenvalue weighted by Gasteiger charge is 2.27. The number of nitrogens with one attached hydrogen (secondary N) is 1. The maximum atomic E-state index is 12.1. The molecule has 1 aliphatic heterocycles. The topological polar surface area (TPSA) is 73.9 Å². The molecular weight excluding hydrogens is 322 g/mol. The highest BCUT2D eigenvalue weighted by atomic mass is 16.6. The van der Waals surface area contributed by atoms with E-state index in [1.54, 1.807) is 20.8 Å². The van der Waals surface area contributed by atoms with Crippen molar-refractivity contribution in [3.05, 3.63) is 23.8 Å². The van der Waals surface area contributed by atoms with Crippen molar-refractivity contribution in [3.8, 4) is 0 Å². The first-order chi connectivity index (χ1) is 11.8. The molecule has 1 fully saturated rings. The van der Waals surface area contributed by atoms with Gasteiger partial charge >= 0.3 is 12.1 Å². The Morgan fingerprint density at radius 3 is 2.80 bits per heavy atom. The second kappa shape index (κ2) is 9.04. The fraction of sp³-hybridized carbons (Fsp3) is 0.684. The summed E-state index contributed by atoms with van der Waals surface area (Å²) in [7, 11) is 0. The minimum atomic E-state index is -0.845. The molecule has 0 radical (unpaired) electrons. The molecule has 6 nitrogen and oxygen atoms in total. The van der Waals surface area contributed by atoms with E-state index in [2.05, 4.69) is 23.5 Å². The van der Waals surface area contributed by atoms with Gasteiger partial charge in [0, 0.05) is 6.61 Å². The third kappa shape index (κ3) is 7.30. The Labute approximate surface area is 149 Å². The number of alkyl carbamates (subject to hydrolysis) is 1. The Kier molecular flexibility index (Phi) is 7.05. The number of hydrogen-bond acceptors (Lipinski definition) is 5. The van der Waals surface area contributed by atoms with Gasteiger partial charge in [-0.3, -0.25) is 0 Å². The van der Waals surface area contributed by atoms with E-state index in [4.69, 9.17) is 14.2 Å². The molecule has 0 aromatic heterocycles. The lowest BCUT2D eigenvalue weighted by Gasteiger charge is -2.22. The van der Waals surface area contributed by atoms with Gasteiger partial charge in [0.25, 0.3) is 0 Å². The van der Waals surface area contributed by atoms with Crippen LogP contribution in [0.4, 0.5) is 4.79 Å². The van der Waals surface area contributed by atoms with Crippen molar-refractivity contribution < 1.29 is 23.8 Å². The van der Waals surface area contributed by atoms with Crippen LogP contribution in [0.5, 0.6) is 0 Å². The average molecular weight is 351 g/mol. The molecule has 0 saturated carbocycles. The molecule has 1 aliphatic carbocycles. The number of allylic oxidation sites excluding steroid dienone is 4. The highest BCUT2D eigenvalue weighted by Crippen LogP contribution is 2.22. The summed E-state index contributed by atoms with van der Waals surface area (Å²) in [5, 5.41) is 2.53. The molecule has 0 bridgehead atoms. The number of rotatable bonds is 3. The average Bonchev–Trinajstić information content (AvgIpc) is 2.59. The van der Waals surface area contributed by atoms with E-state index >= 15 is 0 Å². The molecule has 2 rings (SSSR count). The molecule has 0 spiro atoms. The third-order valence-electron chi connectivity index (χ3n) is 3.98. The number of esters is 1.